The third-order valence-corrected chi connectivity index (χ3v) is 2.76. The van der Waals surface area contributed by atoms with E-state index in [1.165, 1.54) is 12.1 Å². The van der Waals surface area contributed by atoms with Gasteiger partial charge in [0.1, 0.15) is 17.6 Å². The molecule has 0 aliphatic heterocycles. The highest BCUT2D eigenvalue weighted by Crippen LogP contribution is 2.17. The number of anilines is 1. The van der Waals surface area contributed by atoms with Gasteiger partial charge in [-0.15, -0.1) is 0 Å². The van der Waals surface area contributed by atoms with Gasteiger partial charge in [-0.3, -0.25) is 4.79 Å². The summed E-state index contributed by atoms with van der Waals surface area (Å²) in [7, 11) is 0. The first-order chi connectivity index (χ1) is 10.1. The number of rotatable bonds is 4. The first-order valence-corrected chi connectivity index (χ1v) is 6.28. The number of para-hydroxylation sites is 1. The number of nitriles is 1. The molecule has 2 aromatic carbocycles. The zero-order valence-electron chi connectivity index (χ0n) is 11.4. The summed E-state index contributed by atoms with van der Waals surface area (Å²) >= 11 is 0. The SMILES string of the molecule is Cc1ccc(F)c(NC(=O)COc2ccccc2C#N)c1. The summed E-state index contributed by atoms with van der Waals surface area (Å²) in [5.41, 5.74) is 1.28. The lowest BCUT2D eigenvalue weighted by Crippen LogP contribution is -2.21. The van der Waals surface area contributed by atoms with E-state index >= 15 is 0 Å². The number of nitrogens with zero attached hydrogens (tertiary/aromatic N) is 1. The third-order valence-electron chi connectivity index (χ3n) is 2.76. The molecule has 0 unspecified atom stereocenters. The first-order valence-electron chi connectivity index (χ1n) is 6.28. The molecule has 106 valence electrons. The molecule has 0 spiro atoms. The van der Waals surface area contributed by atoms with Gasteiger partial charge in [0.05, 0.1) is 11.3 Å². The average Bonchev–Trinajstić information content (AvgIpc) is 2.49. The zero-order valence-corrected chi connectivity index (χ0v) is 11.4. The summed E-state index contributed by atoms with van der Waals surface area (Å²) in [6.07, 6.45) is 0. The van der Waals surface area contributed by atoms with Crippen molar-refractivity contribution in [2.24, 2.45) is 0 Å². The van der Waals surface area contributed by atoms with Crippen LogP contribution in [0.5, 0.6) is 5.75 Å². The molecule has 0 aliphatic carbocycles. The molecule has 21 heavy (non-hydrogen) atoms. The number of nitrogens with one attached hydrogen (secondary N) is 1. The largest absolute Gasteiger partial charge is 0.482 e. The number of aryl methyl sites for hydroxylation is 1. The second-order valence-electron chi connectivity index (χ2n) is 4.43. The molecule has 0 radical (unpaired) electrons. The summed E-state index contributed by atoms with van der Waals surface area (Å²) < 4.78 is 18.8. The maximum absolute atomic E-state index is 13.5. The lowest BCUT2D eigenvalue weighted by Gasteiger charge is -2.09. The Balaban J connectivity index is 2.00. The lowest BCUT2D eigenvalue weighted by molar-refractivity contribution is -0.118. The minimum Gasteiger partial charge on any atom is -0.482 e. The quantitative estimate of drug-likeness (QED) is 0.938. The number of ether oxygens (including phenoxy) is 1. The van der Waals surface area contributed by atoms with E-state index in [1.807, 2.05) is 6.07 Å². The van der Waals surface area contributed by atoms with Crippen molar-refractivity contribution in [2.45, 2.75) is 6.92 Å². The Kier molecular flexibility index (Phi) is 4.52. The van der Waals surface area contributed by atoms with Gasteiger partial charge in [0.2, 0.25) is 0 Å². The van der Waals surface area contributed by atoms with Gasteiger partial charge >= 0.3 is 0 Å². The molecule has 0 heterocycles. The molecule has 0 saturated heterocycles. The van der Waals surface area contributed by atoms with Crippen molar-refractivity contribution in [2.75, 3.05) is 11.9 Å². The predicted molar refractivity (Wildman–Crippen MR) is 76.4 cm³/mol. The van der Waals surface area contributed by atoms with Gasteiger partial charge < -0.3 is 10.1 Å². The zero-order chi connectivity index (χ0) is 15.2. The highest BCUT2D eigenvalue weighted by molar-refractivity contribution is 5.92. The van der Waals surface area contributed by atoms with Crippen LogP contribution in [0, 0.1) is 24.1 Å². The van der Waals surface area contributed by atoms with Crippen LogP contribution in [0.4, 0.5) is 10.1 Å². The first kappa shape index (κ1) is 14.5. The van der Waals surface area contributed by atoms with Gasteiger partial charge in [-0.25, -0.2) is 4.39 Å². The molecule has 0 atom stereocenters. The molecular formula is C16H13FN2O2. The molecule has 0 saturated carbocycles. The maximum Gasteiger partial charge on any atom is 0.262 e. The van der Waals surface area contributed by atoms with E-state index in [9.17, 15) is 9.18 Å². The molecule has 5 heteroatoms. The monoisotopic (exact) mass is 284 g/mol. The number of halogens is 1. The molecule has 1 amide bonds. The van der Waals surface area contributed by atoms with Gasteiger partial charge in [0.25, 0.3) is 5.91 Å². The Hall–Kier alpha value is -2.87. The highest BCUT2D eigenvalue weighted by Gasteiger charge is 2.09. The van der Waals surface area contributed by atoms with Crippen molar-refractivity contribution < 1.29 is 13.9 Å². The van der Waals surface area contributed by atoms with Crippen LogP contribution in [0.3, 0.4) is 0 Å². The number of carbonyl (C=O) groups excluding carboxylic acids is 1. The number of amides is 1. The standard InChI is InChI=1S/C16H13FN2O2/c1-11-6-7-13(17)14(8-11)19-16(20)10-21-15-5-3-2-4-12(15)9-18/h2-8H,10H2,1H3,(H,19,20). The normalized spacial score (nSPS) is 9.76. The highest BCUT2D eigenvalue weighted by atomic mass is 19.1. The van der Waals surface area contributed by atoms with Crippen LogP contribution in [-0.4, -0.2) is 12.5 Å². The molecular weight excluding hydrogens is 271 g/mol. The topological polar surface area (TPSA) is 62.1 Å². The van der Waals surface area contributed by atoms with E-state index in [0.29, 0.717) is 11.3 Å². The Morgan fingerprint density at radius 3 is 2.86 bits per heavy atom. The van der Waals surface area contributed by atoms with Crippen LogP contribution in [0.25, 0.3) is 0 Å². The van der Waals surface area contributed by atoms with E-state index in [2.05, 4.69) is 5.32 Å². The van der Waals surface area contributed by atoms with Crippen molar-refractivity contribution in [1.82, 2.24) is 0 Å². The van der Waals surface area contributed by atoms with Crippen LogP contribution in [0.15, 0.2) is 42.5 Å². The van der Waals surface area contributed by atoms with Crippen molar-refractivity contribution >= 4 is 11.6 Å². The number of benzene rings is 2. The Morgan fingerprint density at radius 2 is 2.10 bits per heavy atom. The fourth-order valence-corrected chi connectivity index (χ4v) is 1.75. The molecule has 0 aliphatic rings. The van der Waals surface area contributed by atoms with Crippen LogP contribution in [0.1, 0.15) is 11.1 Å². The van der Waals surface area contributed by atoms with E-state index in [0.717, 1.165) is 5.56 Å². The number of carbonyl (C=O) groups is 1. The Morgan fingerprint density at radius 1 is 1.33 bits per heavy atom. The summed E-state index contributed by atoms with van der Waals surface area (Å²) in [5, 5.41) is 11.3. The average molecular weight is 284 g/mol. The van der Waals surface area contributed by atoms with Crippen molar-refractivity contribution in [3.8, 4) is 11.8 Å². The smallest absolute Gasteiger partial charge is 0.262 e. The van der Waals surface area contributed by atoms with Crippen LogP contribution in [0.2, 0.25) is 0 Å². The summed E-state index contributed by atoms with van der Waals surface area (Å²) in [6, 6.07) is 13.0. The molecule has 2 aromatic rings. The van der Waals surface area contributed by atoms with Gasteiger partial charge in [0, 0.05) is 0 Å². The van der Waals surface area contributed by atoms with Crippen molar-refractivity contribution in [1.29, 1.82) is 5.26 Å². The second-order valence-corrected chi connectivity index (χ2v) is 4.43. The molecule has 0 fully saturated rings. The molecule has 4 nitrogen and oxygen atoms in total. The van der Waals surface area contributed by atoms with Crippen LogP contribution in [-0.2, 0) is 4.79 Å². The van der Waals surface area contributed by atoms with E-state index in [4.69, 9.17) is 10.00 Å². The lowest BCUT2D eigenvalue weighted by atomic mass is 10.2. The van der Waals surface area contributed by atoms with E-state index in [-0.39, 0.29) is 12.3 Å². The fourth-order valence-electron chi connectivity index (χ4n) is 1.75. The molecule has 0 bridgehead atoms. The van der Waals surface area contributed by atoms with E-state index < -0.39 is 11.7 Å². The molecule has 0 aromatic heterocycles. The minimum absolute atomic E-state index is 0.108. The number of hydrogen-bond acceptors (Lipinski definition) is 3. The van der Waals surface area contributed by atoms with E-state index in [1.54, 1.807) is 37.3 Å². The summed E-state index contributed by atoms with van der Waals surface area (Å²) in [6.45, 7) is 1.50. The maximum atomic E-state index is 13.5. The van der Waals surface area contributed by atoms with Gasteiger partial charge in [-0.05, 0) is 36.8 Å². The molecule has 2 rings (SSSR count). The predicted octanol–water partition coefficient (Wildman–Crippen LogP) is 3.02. The Labute approximate surface area is 121 Å². The van der Waals surface area contributed by atoms with Crippen molar-refractivity contribution in [3.63, 3.8) is 0 Å². The number of hydrogen-bond donors (Lipinski definition) is 1. The molecule has 1 N–H and O–H groups in total. The summed E-state index contributed by atoms with van der Waals surface area (Å²) in [5.74, 6) is -0.682. The third kappa shape index (κ3) is 3.80. The minimum atomic E-state index is -0.508. The van der Waals surface area contributed by atoms with Gasteiger partial charge in [-0.1, -0.05) is 18.2 Å². The van der Waals surface area contributed by atoms with Crippen LogP contribution >= 0.6 is 0 Å². The van der Waals surface area contributed by atoms with Gasteiger partial charge in [-0.2, -0.15) is 5.26 Å². The second kappa shape index (κ2) is 6.53. The van der Waals surface area contributed by atoms with Crippen LogP contribution < -0.4 is 10.1 Å². The van der Waals surface area contributed by atoms with Gasteiger partial charge in [0.15, 0.2) is 6.61 Å². The van der Waals surface area contributed by atoms with Crippen molar-refractivity contribution in [3.05, 3.63) is 59.4 Å². The Bertz CT molecular complexity index is 708. The summed E-state index contributed by atoms with van der Waals surface area (Å²) in [4.78, 5) is 11.8. The fraction of sp³-hybridized carbons (Fsp3) is 0.125.